The minimum absolute atomic E-state index is 0.167. The van der Waals surface area contributed by atoms with Crippen LogP contribution in [0.25, 0.3) is 0 Å². The molecule has 3 rings (SSSR count). The van der Waals surface area contributed by atoms with Gasteiger partial charge in [0, 0.05) is 18.2 Å². The van der Waals surface area contributed by atoms with Crippen LogP contribution >= 0.6 is 15.6 Å². The summed E-state index contributed by atoms with van der Waals surface area (Å²) in [4.78, 5) is 43.9. The van der Waals surface area contributed by atoms with E-state index >= 15 is 0 Å². The molecule has 2 aliphatic rings. The number of hydrogen-bond acceptors (Lipinski definition) is 14. The zero-order valence-corrected chi connectivity index (χ0v) is 20.3. The molecule has 0 spiro atoms. The average Bonchev–Trinajstić information content (AvgIpc) is 3.14. The Morgan fingerprint density at radius 1 is 1.08 bits per heavy atom. The Labute approximate surface area is 201 Å². The van der Waals surface area contributed by atoms with Crippen molar-refractivity contribution < 1.29 is 67.3 Å². The van der Waals surface area contributed by atoms with Gasteiger partial charge in [-0.1, -0.05) is 0 Å². The molecule has 3 heterocycles. The van der Waals surface area contributed by atoms with E-state index in [1.807, 2.05) is 0 Å². The predicted molar refractivity (Wildman–Crippen MR) is 112 cm³/mol. The fourth-order valence-corrected chi connectivity index (χ4v) is 5.69. The summed E-state index contributed by atoms with van der Waals surface area (Å²) in [5, 5.41) is 49.2. The Bertz CT molecular complexity index is 1130. The van der Waals surface area contributed by atoms with E-state index in [9.17, 15) is 44.3 Å². The van der Waals surface area contributed by atoms with Crippen molar-refractivity contribution in [3.8, 4) is 0 Å². The van der Waals surface area contributed by atoms with Crippen molar-refractivity contribution >= 4 is 15.6 Å². The quantitative estimate of drug-likeness (QED) is 0.135. The zero-order chi connectivity index (χ0) is 27.0. The summed E-state index contributed by atoms with van der Waals surface area (Å²) in [6.45, 7) is -0.349. The molecule has 0 aliphatic carbocycles. The third-order valence-electron chi connectivity index (χ3n) is 5.35. The third kappa shape index (κ3) is 6.75. The first kappa shape index (κ1) is 29.2. The first-order valence-corrected chi connectivity index (χ1v) is 13.3. The molecular weight excluding hydrogens is 538 g/mol. The number of nitrogens with zero attached hydrogens (tertiary/aromatic N) is 1. The third-order valence-corrected chi connectivity index (χ3v) is 7.93. The van der Waals surface area contributed by atoms with Crippen LogP contribution in [0.4, 0.5) is 0 Å². The molecule has 20 heteroatoms. The van der Waals surface area contributed by atoms with Gasteiger partial charge in [0.1, 0.15) is 36.7 Å². The van der Waals surface area contributed by atoms with E-state index < -0.39 is 89.2 Å². The van der Waals surface area contributed by atoms with Crippen molar-refractivity contribution in [2.24, 2.45) is 0 Å². The van der Waals surface area contributed by atoms with Crippen molar-refractivity contribution in [2.45, 2.75) is 62.5 Å². The number of aryl methyl sites for hydroxylation is 1. The van der Waals surface area contributed by atoms with Crippen LogP contribution in [0.15, 0.2) is 15.8 Å². The van der Waals surface area contributed by atoms with E-state index in [1.165, 1.54) is 13.1 Å². The zero-order valence-electron chi connectivity index (χ0n) is 18.5. The summed E-state index contributed by atoms with van der Waals surface area (Å²) in [6, 6.07) is 0. The lowest BCUT2D eigenvalue weighted by molar-refractivity contribution is -0.281. The van der Waals surface area contributed by atoms with Crippen LogP contribution in [0.3, 0.4) is 0 Å². The first-order valence-electron chi connectivity index (χ1n) is 10.3. The number of ether oxygens (including phenoxy) is 2. The molecule has 0 bridgehead atoms. The molecule has 0 radical (unpaired) electrons. The minimum atomic E-state index is -5.57. The molecule has 1 aromatic rings. The van der Waals surface area contributed by atoms with Gasteiger partial charge in [-0.15, -0.1) is 0 Å². The largest absolute Gasteiger partial charge is 0.486 e. The summed E-state index contributed by atoms with van der Waals surface area (Å²) in [6.07, 6.45) is -12.4. The molecule has 9 atom stereocenters. The monoisotopic (exact) mass is 564 g/mol. The standard InChI is InChI=1S/C16H26N2O16P2/c1-6-3-18(16(25)17-14(6)24)10-2-7(20)9(31-10)5-30-36(29,34-35(26,27)28)33-15-13(23)12(22)11(21)8(4-19)32-15/h3,7-13,15,19-23H,2,4-5H2,1H3,(H,17,24,25)(H2,26,27,28)/t7?,8-,9-,10-,11-,12+,13+,15+,36?/m1/s1. The number of H-pyrrole nitrogens is 1. The molecule has 2 saturated heterocycles. The van der Waals surface area contributed by atoms with Crippen LogP contribution in [0.1, 0.15) is 18.2 Å². The predicted octanol–water partition coefficient (Wildman–Crippen LogP) is -3.46. The highest BCUT2D eigenvalue weighted by atomic mass is 31.3. The highest BCUT2D eigenvalue weighted by molar-refractivity contribution is 7.61. The average molecular weight is 564 g/mol. The molecule has 2 unspecified atom stereocenters. The number of aliphatic hydroxyl groups excluding tert-OH is 5. The van der Waals surface area contributed by atoms with Gasteiger partial charge in [-0.25, -0.2) is 13.9 Å². The lowest BCUT2D eigenvalue weighted by Gasteiger charge is -2.40. The molecule has 1 aromatic heterocycles. The molecular formula is C16H26N2O16P2. The number of phosphoric acid groups is 2. The Kier molecular flexibility index (Phi) is 9.08. The normalized spacial score (nSPS) is 35.0. The van der Waals surface area contributed by atoms with E-state index in [0.717, 1.165) is 4.57 Å². The number of phosphoric ester groups is 1. The van der Waals surface area contributed by atoms with Crippen LogP contribution in [0.2, 0.25) is 0 Å². The van der Waals surface area contributed by atoms with E-state index in [0.29, 0.717) is 0 Å². The van der Waals surface area contributed by atoms with Crippen LogP contribution in [0, 0.1) is 6.92 Å². The summed E-state index contributed by atoms with van der Waals surface area (Å²) in [7, 11) is -10.9. The maximum absolute atomic E-state index is 13.0. The van der Waals surface area contributed by atoms with Crippen molar-refractivity contribution in [3.63, 3.8) is 0 Å². The fraction of sp³-hybridized carbons (Fsp3) is 0.750. The molecule has 0 amide bonds. The molecule has 8 N–H and O–H groups in total. The van der Waals surface area contributed by atoms with Crippen LogP contribution in [-0.2, 0) is 32.0 Å². The van der Waals surface area contributed by atoms with Crippen molar-refractivity contribution in [2.75, 3.05) is 13.2 Å². The Hall–Kier alpha value is -1.34. The Morgan fingerprint density at radius 3 is 2.36 bits per heavy atom. The number of nitrogens with one attached hydrogen (secondary N) is 1. The van der Waals surface area contributed by atoms with Crippen molar-refractivity contribution in [1.82, 2.24) is 9.55 Å². The first-order chi connectivity index (χ1) is 16.6. The van der Waals surface area contributed by atoms with Gasteiger partial charge in [0.05, 0.1) is 19.3 Å². The number of aromatic nitrogens is 2. The molecule has 2 aliphatic heterocycles. The van der Waals surface area contributed by atoms with Crippen molar-refractivity contribution in [1.29, 1.82) is 0 Å². The molecule has 0 aromatic carbocycles. The number of aromatic amines is 1. The molecule has 36 heavy (non-hydrogen) atoms. The van der Waals surface area contributed by atoms with Crippen LogP contribution < -0.4 is 11.2 Å². The van der Waals surface area contributed by atoms with E-state index in [-0.39, 0.29) is 12.0 Å². The summed E-state index contributed by atoms with van der Waals surface area (Å²) >= 11 is 0. The van der Waals surface area contributed by atoms with E-state index in [1.54, 1.807) is 0 Å². The highest BCUT2D eigenvalue weighted by Gasteiger charge is 2.49. The van der Waals surface area contributed by atoms with E-state index in [2.05, 4.69) is 9.29 Å². The second kappa shape index (κ2) is 11.2. The van der Waals surface area contributed by atoms with Gasteiger partial charge >= 0.3 is 21.3 Å². The summed E-state index contributed by atoms with van der Waals surface area (Å²) in [5.41, 5.74) is -1.30. The fourth-order valence-electron chi connectivity index (χ4n) is 3.49. The lowest BCUT2D eigenvalue weighted by atomic mass is 10.00. The van der Waals surface area contributed by atoms with Gasteiger partial charge in [0.2, 0.25) is 0 Å². The van der Waals surface area contributed by atoms with E-state index in [4.69, 9.17) is 28.3 Å². The smallest absolute Gasteiger partial charge is 0.394 e. The highest BCUT2D eigenvalue weighted by Crippen LogP contribution is 2.62. The molecule has 2 fully saturated rings. The number of hydrogen-bond donors (Lipinski definition) is 8. The second-order valence-electron chi connectivity index (χ2n) is 8.03. The maximum Gasteiger partial charge on any atom is 0.486 e. The van der Waals surface area contributed by atoms with Gasteiger partial charge in [-0.3, -0.25) is 23.4 Å². The number of rotatable bonds is 9. The SMILES string of the molecule is Cc1cn([C@H]2CC(O)[C@@H](COP(=O)(O[C@@H]3O[C@H](CO)[C@@H](O)[C@H](O)[C@@H]3O)OP(=O)(O)O)O2)c(=O)[nH]c1=O. The van der Waals surface area contributed by atoms with Gasteiger partial charge < -0.3 is 44.8 Å². The molecule has 0 saturated carbocycles. The minimum Gasteiger partial charge on any atom is -0.394 e. The molecule has 206 valence electrons. The van der Waals surface area contributed by atoms with Crippen LogP contribution in [-0.4, -0.2) is 101 Å². The lowest BCUT2D eigenvalue weighted by Crippen LogP contribution is -2.59. The van der Waals surface area contributed by atoms with Gasteiger partial charge in [0.25, 0.3) is 5.56 Å². The Balaban J connectivity index is 1.75. The van der Waals surface area contributed by atoms with Gasteiger partial charge in [0.15, 0.2) is 6.29 Å². The van der Waals surface area contributed by atoms with Gasteiger partial charge in [-0.2, -0.15) is 4.31 Å². The van der Waals surface area contributed by atoms with Crippen LogP contribution in [0.5, 0.6) is 0 Å². The maximum atomic E-state index is 13.0. The topological polar surface area (TPSA) is 277 Å². The van der Waals surface area contributed by atoms with Gasteiger partial charge in [-0.05, 0) is 6.92 Å². The van der Waals surface area contributed by atoms with Crippen molar-refractivity contribution in [3.05, 3.63) is 32.6 Å². The molecule has 18 nitrogen and oxygen atoms in total. The summed E-state index contributed by atoms with van der Waals surface area (Å²) < 4.78 is 49.6. The summed E-state index contributed by atoms with van der Waals surface area (Å²) in [5.74, 6) is 0. The number of aliphatic hydroxyl groups is 5. The Morgan fingerprint density at radius 2 is 1.75 bits per heavy atom. The second-order valence-corrected chi connectivity index (χ2v) is 11.0.